The van der Waals surface area contributed by atoms with Crippen LogP contribution >= 0.6 is 0 Å². The maximum atomic E-state index is 12.9. The molecule has 2 aromatic rings. The lowest BCUT2D eigenvalue weighted by Crippen LogP contribution is -2.34. The van der Waals surface area contributed by atoms with Gasteiger partial charge in [-0.25, -0.2) is 4.39 Å². The van der Waals surface area contributed by atoms with Crippen LogP contribution in [0.1, 0.15) is 17.2 Å². The first-order valence-corrected chi connectivity index (χ1v) is 7.48. The average Bonchev–Trinajstić information content (AvgIpc) is 2.54. The van der Waals surface area contributed by atoms with Gasteiger partial charge in [-0.15, -0.1) is 0 Å². The van der Waals surface area contributed by atoms with Gasteiger partial charge in [-0.2, -0.15) is 0 Å². The summed E-state index contributed by atoms with van der Waals surface area (Å²) in [7, 11) is 3.94. The average molecular weight is 312 g/mol. The molecule has 4 heteroatoms. The van der Waals surface area contributed by atoms with Crippen LogP contribution in [0, 0.1) is 5.82 Å². The molecule has 0 aliphatic heterocycles. The Morgan fingerprint density at radius 1 is 1.13 bits per heavy atom. The number of hydrogen-bond donors (Lipinski definition) is 1. The maximum absolute atomic E-state index is 12.9. The highest BCUT2D eigenvalue weighted by atomic mass is 19.1. The normalized spacial score (nSPS) is 12.5. The molecule has 0 unspecified atom stereocenters. The molecule has 1 amide bonds. The third kappa shape index (κ3) is 5.68. The monoisotopic (exact) mass is 312 g/mol. The fourth-order valence-electron chi connectivity index (χ4n) is 2.25. The first-order chi connectivity index (χ1) is 11.0. The van der Waals surface area contributed by atoms with Crippen LogP contribution in [0.2, 0.25) is 0 Å². The van der Waals surface area contributed by atoms with Crippen molar-refractivity contribution < 1.29 is 9.18 Å². The van der Waals surface area contributed by atoms with Gasteiger partial charge in [-0.1, -0.05) is 42.5 Å². The Morgan fingerprint density at radius 3 is 2.39 bits per heavy atom. The van der Waals surface area contributed by atoms with Crippen molar-refractivity contribution in [2.75, 3.05) is 20.6 Å². The Hall–Kier alpha value is -2.46. The second kappa shape index (κ2) is 8.25. The zero-order valence-electron chi connectivity index (χ0n) is 13.4. The minimum Gasteiger partial charge on any atom is -0.344 e. The predicted octanol–water partition coefficient (Wildman–Crippen LogP) is 3.26. The van der Waals surface area contributed by atoms with Crippen LogP contribution in [0.25, 0.3) is 6.08 Å². The first-order valence-electron chi connectivity index (χ1n) is 7.48. The van der Waals surface area contributed by atoms with Gasteiger partial charge in [0.15, 0.2) is 0 Å². The summed E-state index contributed by atoms with van der Waals surface area (Å²) in [5.41, 5.74) is 1.84. The summed E-state index contributed by atoms with van der Waals surface area (Å²) in [5.74, 6) is -0.466. The highest BCUT2D eigenvalue weighted by Crippen LogP contribution is 2.13. The molecule has 120 valence electrons. The van der Waals surface area contributed by atoms with Gasteiger partial charge >= 0.3 is 0 Å². The van der Waals surface area contributed by atoms with Gasteiger partial charge in [0.25, 0.3) is 0 Å². The van der Waals surface area contributed by atoms with Crippen LogP contribution in [0.3, 0.4) is 0 Å². The largest absolute Gasteiger partial charge is 0.344 e. The van der Waals surface area contributed by atoms with Crippen LogP contribution < -0.4 is 5.32 Å². The minimum absolute atomic E-state index is 0.0865. The van der Waals surface area contributed by atoms with Crippen LogP contribution in [-0.4, -0.2) is 31.4 Å². The van der Waals surface area contributed by atoms with Gasteiger partial charge in [-0.3, -0.25) is 4.79 Å². The molecule has 0 heterocycles. The number of nitrogens with one attached hydrogen (secondary N) is 1. The predicted molar refractivity (Wildman–Crippen MR) is 91.3 cm³/mol. The topological polar surface area (TPSA) is 32.3 Å². The van der Waals surface area contributed by atoms with Crippen molar-refractivity contribution in [1.82, 2.24) is 10.2 Å². The van der Waals surface area contributed by atoms with E-state index in [9.17, 15) is 9.18 Å². The number of benzene rings is 2. The summed E-state index contributed by atoms with van der Waals surface area (Å²) in [6, 6.07) is 15.8. The van der Waals surface area contributed by atoms with E-state index in [4.69, 9.17) is 0 Å². The zero-order valence-corrected chi connectivity index (χ0v) is 13.4. The lowest BCUT2D eigenvalue weighted by molar-refractivity contribution is -0.117. The number of nitrogens with zero attached hydrogens (tertiary/aromatic N) is 1. The fraction of sp³-hybridized carbons (Fsp3) is 0.211. The number of carbonyl (C=O) groups is 1. The molecular formula is C19H21FN2O. The summed E-state index contributed by atoms with van der Waals surface area (Å²) in [5, 5.41) is 3.00. The Kier molecular flexibility index (Phi) is 6.06. The van der Waals surface area contributed by atoms with Crippen LogP contribution in [-0.2, 0) is 4.79 Å². The van der Waals surface area contributed by atoms with Crippen LogP contribution in [0.5, 0.6) is 0 Å². The molecule has 0 saturated carbocycles. The number of rotatable bonds is 6. The number of carbonyl (C=O) groups excluding carboxylic acids is 1. The second-order valence-corrected chi connectivity index (χ2v) is 5.62. The maximum Gasteiger partial charge on any atom is 0.244 e. The Labute approximate surface area is 136 Å². The lowest BCUT2D eigenvalue weighted by Gasteiger charge is -2.22. The highest BCUT2D eigenvalue weighted by Gasteiger charge is 2.13. The van der Waals surface area contributed by atoms with Gasteiger partial charge < -0.3 is 10.2 Å². The van der Waals surface area contributed by atoms with E-state index in [1.165, 1.54) is 18.2 Å². The molecule has 0 aliphatic rings. The highest BCUT2D eigenvalue weighted by molar-refractivity contribution is 5.92. The Balaban J connectivity index is 2.04. The molecule has 2 rings (SSSR count). The SMILES string of the molecule is CN(C)C[C@H](NC(=O)/C=C/c1ccc(F)cc1)c1ccccc1. The van der Waals surface area contributed by atoms with E-state index in [0.717, 1.165) is 11.1 Å². The van der Waals surface area contributed by atoms with E-state index in [0.29, 0.717) is 6.54 Å². The summed E-state index contributed by atoms with van der Waals surface area (Å²) < 4.78 is 12.9. The summed E-state index contributed by atoms with van der Waals surface area (Å²) in [6.07, 6.45) is 3.14. The van der Waals surface area contributed by atoms with Gasteiger partial charge in [0, 0.05) is 12.6 Å². The molecule has 0 spiro atoms. The van der Waals surface area contributed by atoms with E-state index in [1.807, 2.05) is 49.3 Å². The van der Waals surface area contributed by atoms with E-state index < -0.39 is 0 Å². The Bertz CT molecular complexity index is 651. The molecule has 1 N–H and O–H groups in total. The first kappa shape index (κ1) is 16.9. The minimum atomic E-state index is -0.290. The van der Waals surface area contributed by atoms with Crippen molar-refractivity contribution in [2.24, 2.45) is 0 Å². The van der Waals surface area contributed by atoms with E-state index in [-0.39, 0.29) is 17.8 Å². The molecule has 0 aliphatic carbocycles. The van der Waals surface area contributed by atoms with Crippen molar-refractivity contribution in [1.29, 1.82) is 0 Å². The van der Waals surface area contributed by atoms with Gasteiger partial charge in [0.1, 0.15) is 5.82 Å². The number of halogens is 1. The lowest BCUT2D eigenvalue weighted by atomic mass is 10.1. The molecule has 0 bridgehead atoms. The van der Waals surface area contributed by atoms with Gasteiger partial charge in [0.05, 0.1) is 6.04 Å². The van der Waals surface area contributed by atoms with Crippen molar-refractivity contribution >= 4 is 12.0 Å². The molecule has 0 saturated heterocycles. The second-order valence-electron chi connectivity index (χ2n) is 5.62. The van der Waals surface area contributed by atoms with E-state index >= 15 is 0 Å². The van der Waals surface area contributed by atoms with Crippen molar-refractivity contribution in [3.8, 4) is 0 Å². The van der Waals surface area contributed by atoms with Crippen LogP contribution in [0.4, 0.5) is 4.39 Å². The third-order valence-corrected chi connectivity index (χ3v) is 3.36. The van der Waals surface area contributed by atoms with Crippen LogP contribution in [0.15, 0.2) is 60.7 Å². The van der Waals surface area contributed by atoms with Gasteiger partial charge in [0.2, 0.25) is 5.91 Å². The van der Waals surface area contributed by atoms with Crippen molar-refractivity contribution in [2.45, 2.75) is 6.04 Å². The molecule has 2 aromatic carbocycles. The number of likely N-dealkylation sites (N-methyl/N-ethyl adjacent to an activating group) is 1. The molecule has 23 heavy (non-hydrogen) atoms. The molecule has 0 radical (unpaired) electrons. The standard InChI is InChI=1S/C19H21FN2O/c1-22(2)14-18(16-6-4-3-5-7-16)21-19(23)13-10-15-8-11-17(20)12-9-15/h3-13,18H,14H2,1-2H3,(H,21,23)/b13-10+/t18-/m0/s1. The third-order valence-electron chi connectivity index (χ3n) is 3.36. The van der Waals surface area contributed by atoms with Crippen molar-refractivity contribution in [3.63, 3.8) is 0 Å². The smallest absolute Gasteiger partial charge is 0.244 e. The van der Waals surface area contributed by atoms with Gasteiger partial charge in [-0.05, 0) is 43.4 Å². The fourth-order valence-corrected chi connectivity index (χ4v) is 2.25. The molecule has 0 aromatic heterocycles. The Morgan fingerprint density at radius 2 is 1.78 bits per heavy atom. The summed E-state index contributed by atoms with van der Waals surface area (Å²) >= 11 is 0. The summed E-state index contributed by atoms with van der Waals surface area (Å²) in [4.78, 5) is 14.2. The summed E-state index contributed by atoms with van der Waals surface area (Å²) in [6.45, 7) is 0.708. The molecule has 3 nitrogen and oxygen atoms in total. The zero-order chi connectivity index (χ0) is 16.7. The number of amides is 1. The van der Waals surface area contributed by atoms with Crippen molar-refractivity contribution in [3.05, 3.63) is 77.6 Å². The molecule has 1 atom stereocenters. The van der Waals surface area contributed by atoms with E-state index in [1.54, 1.807) is 18.2 Å². The quantitative estimate of drug-likeness (QED) is 0.830. The molecular weight excluding hydrogens is 291 g/mol. The number of hydrogen-bond acceptors (Lipinski definition) is 2. The van der Waals surface area contributed by atoms with E-state index in [2.05, 4.69) is 5.32 Å². The molecule has 0 fully saturated rings.